The van der Waals surface area contributed by atoms with Gasteiger partial charge in [0, 0.05) is 6.04 Å². The highest BCUT2D eigenvalue weighted by Gasteiger charge is 2.25. The molecule has 1 rings (SSSR count). The molecule has 3 nitrogen and oxygen atoms in total. The Morgan fingerprint density at radius 1 is 1.38 bits per heavy atom. The van der Waals surface area contributed by atoms with Gasteiger partial charge in [-0.3, -0.25) is 4.79 Å². The van der Waals surface area contributed by atoms with Crippen LogP contribution in [-0.4, -0.2) is 23.7 Å². The molecule has 0 bridgehead atoms. The Labute approximate surface area is 129 Å². The van der Waals surface area contributed by atoms with Gasteiger partial charge in [0.2, 0.25) is 0 Å². The largest absolute Gasteiger partial charge is 0.481 e. The highest BCUT2D eigenvalue weighted by molar-refractivity contribution is 5.70. The molecule has 0 fully saturated rings. The van der Waals surface area contributed by atoms with Crippen molar-refractivity contribution in [2.75, 3.05) is 6.54 Å². The summed E-state index contributed by atoms with van der Waals surface area (Å²) in [5, 5.41) is 12.9. The van der Waals surface area contributed by atoms with Crippen LogP contribution in [0.25, 0.3) is 0 Å². The quantitative estimate of drug-likeness (QED) is 0.558. The van der Waals surface area contributed by atoms with Gasteiger partial charge in [0.1, 0.15) is 0 Å². The van der Waals surface area contributed by atoms with Crippen molar-refractivity contribution in [1.29, 1.82) is 0 Å². The molecule has 0 aromatic carbocycles. The first-order valence-corrected chi connectivity index (χ1v) is 8.49. The van der Waals surface area contributed by atoms with Crippen molar-refractivity contribution >= 4 is 5.97 Å². The Bertz CT molecular complexity index is 360. The predicted molar refractivity (Wildman–Crippen MR) is 88.4 cm³/mol. The van der Waals surface area contributed by atoms with Crippen molar-refractivity contribution in [3.63, 3.8) is 0 Å². The first-order valence-electron chi connectivity index (χ1n) is 8.49. The van der Waals surface area contributed by atoms with Crippen LogP contribution in [0.2, 0.25) is 0 Å². The molecule has 0 saturated carbocycles. The van der Waals surface area contributed by atoms with Gasteiger partial charge in [-0.2, -0.15) is 0 Å². The van der Waals surface area contributed by atoms with Gasteiger partial charge < -0.3 is 10.4 Å². The molecule has 120 valence electrons. The van der Waals surface area contributed by atoms with Crippen LogP contribution in [0.4, 0.5) is 0 Å². The monoisotopic (exact) mass is 293 g/mol. The van der Waals surface area contributed by atoms with Gasteiger partial charge in [-0.15, -0.1) is 0 Å². The average Bonchev–Trinajstić information content (AvgIpc) is 2.50. The number of carboxylic acid groups (broad SMARTS) is 1. The van der Waals surface area contributed by atoms with Gasteiger partial charge in [-0.05, 0) is 38.6 Å². The Balaban J connectivity index is 2.40. The average molecular weight is 293 g/mol. The molecule has 1 aliphatic rings. The number of aliphatic carboxylic acids is 1. The van der Waals surface area contributed by atoms with Crippen molar-refractivity contribution in [2.24, 2.45) is 5.92 Å². The number of carbonyl (C=O) groups is 1. The van der Waals surface area contributed by atoms with E-state index >= 15 is 0 Å². The van der Waals surface area contributed by atoms with Crippen LogP contribution in [0.5, 0.6) is 0 Å². The number of carboxylic acids is 1. The normalized spacial score (nSPS) is 17.3. The molecule has 0 amide bonds. The van der Waals surface area contributed by atoms with E-state index in [0.29, 0.717) is 0 Å². The van der Waals surface area contributed by atoms with Gasteiger partial charge in [0.25, 0.3) is 0 Å². The maximum Gasteiger partial charge on any atom is 0.308 e. The van der Waals surface area contributed by atoms with Crippen LogP contribution < -0.4 is 5.32 Å². The zero-order chi connectivity index (χ0) is 15.5. The lowest BCUT2D eigenvalue weighted by molar-refractivity contribution is -0.143. The molecule has 0 saturated heterocycles. The predicted octanol–water partition coefficient (Wildman–Crippen LogP) is 4.30. The van der Waals surface area contributed by atoms with Crippen LogP contribution in [0.15, 0.2) is 23.8 Å². The summed E-state index contributed by atoms with van der Waals surface area (Å²) in [4.78, 5) is 11.5. The fourth-order valence-electron chi connectivity index (χ4n) is 2.96. The molecule has 21 heavy (non-hydrogen) atoms. The first-order chi connectivity index (χ1) is 10.2. The van der Waals surface area contributed by atoms with Crippen LogP contribution in [0.1, 0.15) is 65.2 Å². The Kier molecular flexibility index (Phi) is 9.07. The number of hydrogen-bond donors (Lipinski definition) is 2. The molecular formula is C18H31NO2. The van der Waals surface area contributed by atoms with Crippen molar-refractivity contribution in [3.8, 4) is 0 Å². The van der Waals surface area contributed by atoms with Crippen LogP contribution in [0, 0.1) is 5.92 Å². The topological polar surface area (TPSA) is 49.3 Å². The maximum atomic E-state index is 11.5. The molecule has 0 spiro atoms. The van der Waals surface area contributed by atoms with E-state index in [2.05, 4.69) is 37.4 Å². The maximum absolute atomic E-state index is 11.5. The Morgan fingerprint density at radius 3 is 2.76 bits per heavy atom. The minimum Gasteiger partial charge on any atom is -0.481 e. The minimum atomic E-state index is -0.648. The summed E-state index contributed by atoms with van der Waals surface area (Å²) in [5.41, 5.74) is 1.47. The Hall–Kier alpha value is -1.09. The number of nitrogens with one attached hydrogen (secondary N) is 1. The molecule has 2 N–H and O–H groups in total. The summed E-state index contributed by atoms with van der Waals surface area (Å²) in [7, 11) is 0. The molecule has 1 aliphatic carbocycles. The smallest absolute Gasteiger partial charge is 0.308 e. The van der Waals surface area contributed by atoms with E-state index in [1.165, 1.54) is 5.57 Å². The van der Waals surface area contributed by atoms with Crippen LogP contribution in [-0.2, 0) is 4.79 Å². The van der Waals surface area contributed by atoms with Crippen molar-refractivity contribution < 1.29 is 9.90 Å². The minimum absolute atomic E-state index is 0.0964. The van der Waals surface area contributed by atoms with Crippen molar-refractivity contribution in [2.45, 2.75) is 71.3 Å². The SMILES string of the molecule is CCCCCC(C(=O)O)C(CC)NCCC1=CC=CCC1. The fraction of sp³-hybridized carbons (Fsp3) is 0.722. The van der Waals surface area contributed by atoms with Crippen LogP contribution in [0.3, 0.4) is 0 Å². The zero-order valence-corrected chi connectivity index (χ0v) is 13.6. The van der Waals surface area contributed by atoms with E-state index in [9.17, 15) is 9.90 Å². The van der Waals surface area contributed by atoms with E-state index in [1.807, 2.05) is 0 Å². The zero-order valence-electron chi connectivity index (χ0n) is 13.6. The summed E-state index contributed by atoms with van der Waals surface area (Å²) in [6.45, 7) is 5.11. The summed E-state index contributed by atoms with van der Waals surface area (Å²) in [5.74, 6) is -0.896. The second kappa shape index (κ2) is 10.6. The molecule has 0 aliphatic heterocycles. The summed E-state index contributed by atoms with van der Waals surface area (Å²) in [6, 6.07) is 0.0964. The number of rotatable bonds is 11. The summed E-state index contributed by atoms with van der Waals surface area (Å²) >= 11 is 0. The van der Waals surface area contributed by atoms with Gasteiger partial charge in [-0.1, -0.05) is 56.9 Å². The number of hydrogen-bond acceptors (Lipinski definition) is 2. The molecule has 0 radical (unpaired) electrons. The molecule has 2 atom stereocenters. The van der Waals surface area contributed by atoms with Gasteiger partial charge >= 0.3 is 5.97 Å². The standard InChI is InChI=1S/C18H31NO2/c1-3-5-7-12-16(18(20)21)17(4-2)19-14-13-15-10-8-6-9-11-15/h6,8,10,16-17,19H,3-5,7,9,11-14H2,1-2H3,(H,20,21). The highest BCUT2D eigenvalue weighted by Crippen LogP contribution is 2.18. The second-order valence-corrected chi connectivity index (χ2v) is 5.95. The Morgan fingerprint density at radius 2 is 2.19 bits per heavy atom. The molecule has 0 aromatic rings. The van der Waals surface area contributed by atoms with Gasteiger partial charge in [0.15, 0.2) is 0 Å². The third-order valence-corrected chi connectivity index (χ3v) is 4.31. The molecule has 2 unspecified atom stereocenters. The third-order valence-electron chi connectivity index (χ3n) is 4.31. The van der Waals surface area contributed by atoms with E-state index in [-0.39, 0.29) is 12.0 Å². The fourth-order valence-corrected chi connectivity index (χ4v) is 2.96. The molecule has 0 aromatic heterocycles. The van der Waals surface area contributed by atoms with E-state index < -0.39 is 5.97 Å². The van der Waals surface area contributed by atoms with Crippen molar-refractivity contribution in [3.05, 3.63) is 23.8 Å². The highest BCUT2D eigenvalue weighted by atomic mass is 16.4. The first kappa shape index (κ1) is 18.0. The van der Waals surface area contributed by atoms with Crippen LogP contribution >= 0.6 is 0 Å². The van der Waals surface area contributed by atoms with Gasteiger partial charge in [-0.25, -0.2) is 0 Å². The number of unbranched alkanes of at least 4 members (excludes halogenated alkanes) is 2. The number of allylic oxidation sites excluding steroid dienone is 3. The molecule has 0 heterocycles. The molecule has 3 heteroatoms. The summed E-state index contributed by atoms with van der Waals surface area (Å²) in [6.07, 6.45) is 14.8. The lowest BCUT2D eigenvalue weighted by atomic mass is 9.91. The lowest BCUT2D eigenvalue weighted by Crippen LogP contribution is -2.40. The summed E-state index contributed by atoms with van der Waals surface area (Å²) < 4.78 is 0. The molecular weight excluding hydrogens is 262 g/mol. The van der Waals surface area contributed by atoms with Gasteiger partial charge in [0.05, 0.1) is 5.92 Å². The second-order valence-electron chi connectivity index (χ2n) is 5.95. The van der Waals surface area contributed by atoms with E-state index in [4.69, 9.17) is 0 Å². The third kappa shape index (κ3) is 6.94. The van der Waals surface area contributed by atoms with Crippen molar-refractivity contribution in [1.82, 2.24) is 5.32 Å². The van der Waals surface area contributed by atoms with E-state index in [0.717, 1.165) is 57.9 Å². The van der Waals surface area contributed by atoms with E-state index in [1.54, 1.807) is 0 Å². The lowest BCUT2D eigenvalue weighted by Gasteiger charge is -2.24.